The number of aliphatic imine (C=N–C) groups is 1. The lowest BCUT2D eigenvalue weighted by atomic mass is 10.3. The molecule has 0 atom stereocenters. The minimum Gasteiger partial charge on any atom is -0.369 e. The number of halogens is 1. The smallest absolute Gasteiger partial charge is 0.200 e. The Hall–Kier alpha value is -1.11. The summed E-state index contributed by atoms with van der Waals surface area (Å²) in [6.07, 6.45) is 2.06. The first-order chi connectivity index (χ1) is 11.2. The van der Waals surface area contributed by atoms with Gasteiger partial charge in [0.25, 0.3) is 0 Å². The Morgan fingerprint density at radius 2 is 2.00 bits per heavy atom. The molecule has 0 spiro atoms. The van der Waals surface area contributed by atoms with E-state index in [4.69, 9.17) is 5.73 Å². The highest BCUT2D eigenvalue weighted by Crippen LogP contribution is 2.30. The lowest BCUT2D eigenvalue weighted by Crippen LogP contribution is -2.33. The molecule has 0 heterocycles. The van der Waals surface area contributed by atoms with Crippen LogP contribution in [0.25, 0.3) is 0 Å². The quantitative estimate of drug-likeness (QED) is 0.316. The topological polar surface area (TPSA) is 41.6 Å². The number of thioether (sulfide) groups is 2. The number of anilines is 1. The monoisotopic (exact) mass is 409 g/mol. The van der Waals surface area contributed by atoms with Gasteiger partial charge in [-0.15, -0.1) is 23.5 Å². The summed E-state index contributed by atoms with van der Waals surface area (Å²) < 4.78 is 0. The van der Waals surface area contributed by atoms with E-state index >= 15 is 0 Å². The summed E-state index contributed by atoms with van der Waals surface area (Å²) in [5, 5.41) is 0.951. The number of para-hydroxylation sites is 1. The Balaban J connectivity index is 2.24. The Morgan fingerprint density at radius 1 is 1.22 bits per heavy atom. The van der Waals surface area contributed by atoms with E-state index in [9.17, 15) is 0 Å². The zero-order valence-corrected chi connectivity index (χ0v) is 16.4. The van der Waals surface area contributed by atoms with E-state index in [-0.39, 0.29) is 0 Å². The molecule has 0 aromatic heterocycles. The molecule has 2 aromatic rings. The molecule has 3 nitrogen and oxygen atoms in total. The summed E-state index contributed by atoms with van der Waals surface area (Å²) in [6.45, 7) is 0. The molecule has 0 bridgehead atoms. The largest absolute Gasteiger partial charge is 0.369 e. The van der Waals surface area contributed by atoms with Crippen LogP contribution < -0.4 is 10.6 Å². The normalized spacial score (nSPS) is 11.5. The average molecular weight is 410 g/mol. The Labute approximate surface area is 154 Å². The van der Waals surface area contributed by atoms with Gasteiger partial charge in [0.15, 0.2) is 0 Å². The van der Waals surface area contributed by atoms with Crippen molar-refractivity contribution in [2.75, 3.05) is 29.3 Å². The Kier molecular flexibility index (Phi) is 7.33. The third-order valence-electron chi connectivity index (χ3n) is 3.22. The molecule has 0 unspecified atom stereocenters. The van der Waals surface area contributed by atoms with Crippen molar-refractivity contribution in [3.63, 3.8) is 0 Å². The Morgan fingerprint density at radius 3 is 2.74 bits per heavy atom. The number of hydrogen-bond donors (Lipinski definition) is 1. The van der Waals surface area contributed by atoms with Crippen LogP contribution >= 0.6 is 39.5 Å². The van der Waals surface area contributed by atoms with Crippen molar-refractivity contribution in [3.05, 3.63) is 48.5 Å². The summed E-state index contributed by atoms with van der Waals surface area (Å²) in [6, 6.07) is 16.3. The van der Waals surface area contributed by atoms with Crippen LogP contribution in [0.1, 0.15) is 0 Å². The number of hydrogen-bond acceptors (Lipinski definition) is 3. The van der Waals surface area contributed by atoms with E-state index in [0.29, 0.717) is 5.96 Å². The molecule has 0 saturated heterocycles. The number of guanidine groups is 1. The molecule has 122 valence electrons. The van der Waals surface area contributed by atoms with Gasteiger partial charge < -0.3 is 10.6 Å². The molecule has 0 saturated carbocycles. The van der Waals surface area contributed by atoms with Crippen LogP contribution in [0, 0.1) is 0 Å². The average Bonchev–Trinajstić information content (AvgIpc) is 2.60. The molecule has 2 aromatic carbocycles. The molecule has 0 aliphatic rings. The maximum Gasteiger partial charge on any atom is 0.200 e. The van der Waals surface area contributed by atoms with Gasteiger partial charge in [0.1, 0.15) is 0 Å². The summed E-state index contributed by atoms with van der Waals surface area (Å²) in [7, 11) is 1.94. The van der Waals surface area contributed by atoms with Gasteiger partial charge in [-0.1, -0.05) is 34.1 Å². The molecule has 6 heteroatoms. The lowest BCUT2D eigenvalue weighted by molar-refractivity contribution is 1.20. The first-order valence-electron chi connectivity index (χ1n) is 7.15. The number of nitrogens with zero attached hydrogens (tertiary/aromatic N) is 2. The van der Waals surface area contributed by atoms with Gasteiger partial charge in [0, 0.05) is 33.6 Å². The van der Waals surface area contributed by atoms with Crippen LogP contribution in [-0.4, -0.2) is 30.3 Å². The highest BCUT2D eigenvalue weighted by atomic mass is 79.9. The van der Waals surface area contributed by atoms with Gasteiger partial charge in [0.2, 0.25) is 5.96 Å². The van der Waals surface area contributed by atoms with Gasteiger partial charge in [-0.2, -0.15) is 0 Å². The summed E-state index contributed by atoms with van der Waals surface area (Å²) in [4.78, 5) is 8.87. The molecule has 2 rings (SSSR count). The maximum atomic E-state index is 6.22. The predicted octanol–water partition coefficient (Wildman–Crippen LogP) is 4.98. The molecule has 0 radical (unpaired) electrons. The Bertz CT molecular complexity index is 676. The van der Waals surface area contributed by atoms with Gasteiger partial charge >= 0.3 is 0 Å². The fourth-order valence-corrected chi connectivity index (χ4v) is 3.64. The minimum absolute atomic E-state index is 0.482. The first kappa shape index (κ1) is 18.2. The third kappa shape index (κ3) is 5.19. The van der Waals surface area contributed by atoms with Crippen LogP contribution in [0.4, 0.5) is 11.4 Å². The predicted molar refractivity (Wildman–Crippen MR) is 109 cm³/mol. The van der Waals surface area contributed by atoms with Gasteiger partial charge in [-0.05, 0) is 36.6 Å². The fourth-order valence-electron chi connectivity index (χ4n) is 1.97. The second-order valence-corrected chi connectivity index (χ2v) is 7.55. The zero-order chi connectivity index (χ0) is 16.7. The van der Waals surface area contributed by atoms with Crippen LogP contribution in [0.2, 0.25) is 0 Å². The molecule has 0 fully saturated rings. The first-order valence-corrected chi connectivity index (χ1v) is 10.5. The third-order valence-corrected chi connectivity index (χ3v) is 5.93. The van der Waals surface area contributed by atoms with E-state index in [1.165, 1.54) is 4.90 Å². The number of alkyl halides is 1. The molecule has 23 heavy (non-hydrogen) atoms. The van der Waals surface area contributed by atoms with E-state index in [1.807, 2.05) is 42.3 Å². The SMILES string of the molecule is CSc1cccc(N(C)C(N)=Nc2ccccc2SCCBr)c1. The van der Waals surface area contributed by atoms with Crippen LogP contribution in [-0.2, 0) is 0 Å². The maximum absolute atomic E-state index is 6.22. The second kappa shape index (κ2) is 9.25. The number of benzene rings is 2. The van der Waals surface area contributed by atoms with Crippen molar-refractivity contribution in [1.29, 1.82) is 0 Å². The van der Waals surface area contributed by atoms with Crippen molar-refractivity contribution in [3.8, 4) is 0 Å². The zero-order valence-electron chi connectivity index (χ0n) is 13.2. The van der Waals surface area contributed by atoms with Crippen LogP contribution in [0.15, 0.2) is 63.3 Å². The van der Waals surface area contributed by atoms with E-state index in [2.05, 4.69) is 45.4 Å². The summed E-state index contributed by atoms with van der Waals surface area (Å²) >= 11 is 6.94. The van der Waals surface area contributed by atoms with Gasteiger partial charge in [0.05, 0.1) is 5.69 Å². The number of nitrogens with two attached hydrogens (primary N) is 1. The molecule has 2 N–H and O–H groups in total. The van der Waals surface area contributed by atoms with Crippen molar-refractivity contribution >= 4 is 56.8 Å². The highest BCUT2D eigenvalue weighted by molar-refractivity contribution is 9.09. The van der Waals surface area contributed by atoms with Gasteiger partial charge in [-0.3, -0.25) is 0 Å². The van der Waals surface area contributed by atoms with E-state index in [0.717, 1.165) is 27.4 Å². The van der Waals surface area contributed by atoms with Crippen molar-refractivity contribution in [2.24, 2.45) is 10.7 Å². The van der Waals surface area contributed by atoms with Crippen LogP contribution in [0.5, 0.6) is 0 Å². The fraction of sp³-hybridized carbons (Fsp3) is 0.235. The molecule has 0 aliphatic heterocycles. The summed E-state index contributed by atoms with van der Waals surface area (Å²) in [5.74, 6) is 1.48. The van der Waals surface area contributed by atoms with E-state index in [1.54, 1.807) is 23.5 Å². The minimum atomic E-state index is 0.482. The highest BCUT2D eigenvalue weighted by Gasteiger charge is 2.08. The summed E-state index contributed by atoms with van der Waals surface area (Å²) in [5.41, 5.74) is 8.16. The number of rotatable bonds is 6. The van der Waals surface area contributed by atoms with Crippen molar-refractivity contribution < 1.29 is 0 Å². The van der Waals surface area contributed by atoms with Crippen molar-refractivity contribution in [1.82, 2.24) is 0 Å². The van der Waals surface area contributed by atoms with Crippen LogP contribution in [0.3, 0.4) is 0 Å². The standard InChI is InChI=1S/C17H20BrN3S2/c1-21(13-6-5-7-14(12-13)22-2)17(19)20-15-8-3-4-9-16(15)23-11-10-18/h3-9,12H,10-11H2,1-2H3,(H2,19,20). The molecule has 0 amide bonds. The molecular formula is C17H20BrN3S2. The molecule has 0 aliphatic carbocycles. The van der Waals surface area contributed by atoms with E-state index < -0.39 is 0 Å². The second-order valence-electron chi connectivity index (χ2n) is 4.74. The molecular weight excluding hydrogens is 390 g/mol. The lowest BCUT2D eigenvalue weighted by Gasteiger charge is -2.19. The van der Waals surface area contributed by atoms with Gasteiger partial charge in [-0.25, -0.2) is 4.99 Å². The van der Waals surface area contributed by atoms with Crippen molar-refractivity contribution in [2.45, 2.75) is 9.79 Å².